The van der Waals surface area contributed by atoms with Crippen molar-refractivity contribution >= 4 is 68.3 Å². The largest absolute Gasteiger partial charge is 0.497 e. The number of fused-ring (bicyclic) bond motifs is 2. The summed E-state index contributed by atoms with van der Waals surface area (Å²) < 4.78 is 39.2. The zero-order valence-electron chi connectivity index (χ0n) is 32.7. The number of aromatic nitrogens is 4. The molecule has 0 aliphatic carbocycles. The molecular formula is C40H46F2N12O4. The number of ether oxygens (including phenoxy) is 2. The molecule has 4 heterocycles. The standard InChI is InChI=1S/2C20H23FN6O2/c2*1-10(22)11(2)25-20-16(21)8-15(18(23)28)19(27-20)26-13-6-12-4-5-14(29-3)7-17(12)24-9-13/h2*4-11H,22H2,1-3H3,(H2,23,28)(H2,25,26,27)/t2*10-,11+/m10/s1. The zero-order chi connectivity index (χ0) is 42.3. The van der Waals surface area contributed by atoms with Crippen molar-refractivity contribution in [2.45, 2.75) is 51.9 Å². The van der Waals surface area contributed by atoms with Gasteiger partial charge in [0.2, 0.25) is 0 Å². The van der Waals surface area contributed by atoms with Gasteiger partial charge in [0.1, 0.15) is 23.1 Å². The summed E-state index contributed by atoms with van der Waals surface area (Å²) in [6, 6.07) is 15.8. The van der Waals surface area contributed by atoms with Crippen LogP contribution in [0.3, 0.4) is 0 Å². The van der Waals surface area contributed by atoms with Crippen LogP contribution in [0.2, 0.25) is 0 Å². The van der Waals surface area contributed by atoms with Crippen molar-refractivity contribution in [2.24, 2.45) is 22.9 Å². The van der Waals surface area contributed by atoms with Gasteiger partial charge in [-0.1, -0.05) is 0 Å². The number of halogens is 2. The minimum atomic E-state index is -0.802. The van der Waals surface area contributed by atoms with E-state index < -0.39 is 23.4 Å². The topological polar surface area (TPSA) is 256 Å². The number of pyridine rings is 4. The van der Waals surface area contributed by atoms with E-state index in [1.165, 1.54) is 0 Å². The third-order valence-electron chi connectivity index (χ3n) is 9.10. The van der Waals surface area contributed by atoms with Crippen LogP contribution in [0.1, 0.15) is 48.4 Å². The molecule has 0 saturated carbocycles. The minimum Gasteiger partial charge on any atom is -0.497 e. The Bertz CT molecular complexity index is 2280. The highest BCUT2D eigenvalue weighted by Gasteiger charge is 2.20. The van der Waals surface area contributed by atoms with Crippen LogP contribution in [-0.2, 0) is 0 Å². The molecule has 18 heteroatoms. The number of hydrogen-bond acceptors (Lipinski definition) is 14. The van der Waals surface area contributed by atoms with E-state index in [9.17, 15) is 18.4 Å². The van der Waals surface area contributed by atoms with Gasteiger partial charge in [0.05, 0.1) is 60.1 Å². The fourth-order valence-electron chi connectivity index (χ4n) is 5.31. The molecule has 0 aliphatic heterocycles. The Hall–Kier alpha value is -6.92. The monoisotopic (exact) mass is 796 g/mol. The molecule has 4 aromatic heterocycles. The number of carbonyl (C=O) groups excluding carboxylic acids is 2. The Labute approximate surface area is 333 Å². The van der Waals surface area contributed by atoms with Gasteiger partial charge in [0.25, 0.3) is 11.8 Å². The van der Waals surface area contributed by atoms with Crippen molar-refractivity contribution < 1.29 is 27.8 Å². The molecule has 12 N–H and O–H groups in total. The van der Waals surface area contributed by atoms with Gasteiger partial charge in [-0.3, -0.25) is 19.6 Å². The van der Waals surface area contributed by atoms with Crippen LogP contribution in [0.4, 0.5) is 43.4 Å². The van der Waals surface area contributed by atoms with Crippen molar-refractivity contribution in [2.75, 3.05) is 35.5 Å². The van der Waals surface area contributed by atoms with Gasteiger partial charge in [-0.05, 0) is 76.2 Å². The predicted octanol–water partition coefficient (Wildman–Crippen LogP) is 5.54. The van der Waals surface area contributed by atoms with E-state index in [2.05, 4.69) is 41.2 Å². The second kappa shape index (κ2) is 18.4. The minimum absolute atomic E-state index is 0.0271. The highest BCUT2D eigenvalue weighted by Crippen LogP contribution is 2.29. The van der Waals surface area contributed by atoms with E-state index in [1.54, 1.807) is 40.5 Å². The molecule has 4 atom stereocenters. The third-order valence-corrected chi connectivity index (χ3v) is 9.10. The normalized spacial score (nSPS) is 13.0. The van der Waals surface area contributed by atoms with E-state index in [0.717, 1.165) is 33.9 Å². The maximum atomic E-state index is 14.4. The van der Waals surface area contributed by atoms with Crippen LogP contribution in [0.15, 0.2) is 73.1 Å². The summed E-state index contributed by atoms with van der Waals surface area (Å²) >= 11 is 0. The number of primary amides is 2. The van der Waals surface area contributed by atoms with Crippen LogP contribution in [0.25, 0.3) is 21.8 Å². The first kappa shape index (κ1) is 42.2. The zero-order valence-corrected chi connectivity index (χ0v) is 32.7. The maximum Gasteiger partial charge on any atom is 0.252 e. The van der Waals surface area contributed by atoms with Gasteiger partial charge in [-0.25, -0.2) is 18.7 Å². The molecule has 304 valence electrons. The van der Waals surface area contributed by atoms with Crippen LogP contribution >= 0.6 is 0 Å². The summed E-state index contributed by atoms with van der Waals surface area (Å²) in [4.78, 5) is 40.8. The Morgan fingerprint density at radius 1 is 0.603 bits per heavy atom. The first-order chi connectivity index (χ1) is 27.6. The van der Waals surface area contributed by atoms with Crippen molar-refractivity contribution in [1.29, 1.82) is 0 Å². The average Bonchev–Trinajstić information content (AvgIpc) is 3.19. The van der Waals surface area contributed by atoms with Crippen molar-refractivity contribution in [1.82, 2.24) is 19.9 Å². The first-order valence-corrected chi connectivity index (χ1v) is 18.0. The molecule has 0 unspecified atom stereocenters. The summed E-state index contributed by atoms with van der Waals surface area (Å²) in [5, 5.41) is 13.5. The first-order valence-electron chi connectivity index (χ1n) is 18.0. The van der Waals surface area contributed by atoms with Gasteiger partial charge in [-0.15, -0.1) is 0 Å². The average molecular weight is 797 g/mol. The predicted molar refractivity (Wildman–Crippen MR) is 222 cm³/mol. The molecule has 0 spiro atoms. The molecule has 58 heavy (non-hydrogen) atoms. The Morgan fingerprint density at radius 2 is 0.983 bits per heavy atom. The lowest BCUT2D eigenvalue weighted by atomic mass is 10.1. The van der Waals surface area contributed by atoms with Gasteiger partial charge in [0, 0.05) is 47.1 Å². The second-order valence-corrected chi connectivity index (χ2v) is 13.6. The van der Waals surface area contributed by atoms with Crippen molar-refractivity contribution in [3.63, 3.8) is 0 Å². The summed E-state index contributed by atoms with van der Waals surface area (Å²) in [6.07, 6.45) is 3.16. The van der Waals surface area contributed by atoms with E-state index in [4.69, 9.17) is 32.4 Å². The number of benzene rings is 2. The maximum absolute atomic E-state index is 14.4. The number of nitrogens with one attached hydrogen (secondary N) is 4. The summed E-state index contributed by atoms with van der Waals surface area (Å²) in [5.74, 6) is -1.42. The lowest BCUT2D eigenvalue weighted by Gasteiger charge is -2.20. The van der Waals surface area contributed by atoms with Crippen LogP contribution in [-0.4, -0.2) is 70.1 Å². The fourth-order valence-corrected chi connectivity index (χ4v) is 5.31. The quantitative estimate of drug-likeness (QED) is 0.0674. The summed E-state index contributed by atoms with van der Waals surface area (Å²) in [7, 11) is 3.17. The molecule has 0 saturated heterocycles. The van der Waals surface area contributed by atoms with E-state index in [-0.39, 0.29) is 58.6 Å². The molecular weight excluding hydrogens is 751 g/mol. The fraction of sp³-hybridized carbons (Fsp3) is 0.250. The van der Waals surface area contributed by atoms with Crippen molar-refractivity contribution in [3.8, 4) is 11.5 Å². The second-order valence-electron chi connectivity index (χ2n) is 13.6. The van der Waals surface area contributed by atoms with Crippen LogP contribution in [0, 0.1) is 11.6 Å². The number of carbonyl (C=O) groups is 2. The third kappa shape index (κ3) is 10.3. The van der Waals surface area contributed by atoms with E-state index in [1.807, 2.05) is 62.4 Å². The summed E-state index contributed by atoms with van der Waals surface area (Å²) in [5.41, 5.74) is 24.9. The number of amides is 2. The van der Waals surface area contributed by atoms with Crippen LogP contribution in [0.5, 0.6) is 11.5 Å². The molecule has 6 aromatic rings. The molecule has 0 aliphatic rings. The molecule has 16 nitrogen and oxygen atoms in total. The SMILES string of the molecule is COc1ccc2cc(Nc3nc(N[C@@H](C)[C@@H](C)N)c(F)cc3C(N)=O)cnc2c1.COc1ccc2cc(Nc3nc(N[C@H](C)[C@H](C)N)c(F)cc3C(N)=O)cnc2c1. The van der Waals surface area contributed by atoms with Gasteiger partial charge in [0.15, 0.2) is 23.3 Å². The van der Waals surface area contributed by atoms with E-state index >= 15 is 0 Å². The summed E-state index contributed by atoms with van der Waals surface area (Å²) in [6.45, 7) is 7.20. The lowest BCUT2D eigenvalue weighted by molar-refractivity contribution is 0.0992. The number of anilines is 6. The number of methoxy groups -OCH3 is 2. The molecule has 0 fully saturated rings. The van der Waals surface area contributed by atoms with Crippen molar-refractivity contribution in [3.05, 3.63) is 95.8 Å². The highest BCUT2D eigenvalue weighted by atomic mass is 19.1. The molecule has 6 rings (SSSR count). The lowest BCUT2D eigenvalue weighted by Crippen LogP contribution is -2.35. The Kier molecular flexibility index (Phi) is 13.4. The smallest absolute Gasteiger partial charge is 0.252 e. The Balaban J connectivity index is 0.000000221. The van der Waals surface area contributed by atoms with Gasteiger partial charge < -0.3 is 53.7 Å². The van der Waals surface area contributed by atoms with E-state index in [0.29, 0.717) is 22.9 Å². The highest BCUT2D eigenvalue weighted by molar-refractivity contribution is 5.99. The number of hydrogen-bond donors (Lipinski definition) is 8. The Morgan fingerprint density at radius 3 is 1.31 bits per heavy atom. The molecule has 2 aromatic carbocycles. The molecule has 0 radical (unpaired) electrons. The number of nitrogens with zero attached hydrogens (tertiary/aromatic N) is 4. The number of rotatable bonds is 14. The van der Waals surface area contributed by atoms with Gasteiger partial charge >= 0.3 is 0 Å². The molecule has 0 bridgehead atoms. The number of nitrogens with two attached hydrogens (primary N) is 4. The van der Waals surface area contributed by atoms with Gasteiger partial charge in [-0.2, -0.15) is 0 Å². The molecule has 2 amide bonds. The van der Waals surface area contributed by atoms with Crippen LogP contribution < -0.4 is 53.7 Å².